The maximum atomic E-state index is 15.1. The number of benzene rings is 3. The van der Waals surface area contributed by atoms with Crippen LogP contribution in [0.4, 0.5) is 4.39 Å². The second kappa shape index (κ2) is 11.5. The van der Waals surface area contributed by atoms with Crippen molar-refractivity contribution in [3.8, 4) is 23.0 Å². The third-order valence-corrected chi connectivity index (χ3v) is 8.40. The Kier molecular flexibility index (Phi) is 8.05. The van der Waals surface area contributed by atoms with Crippen LogP contribution in [-0.2, 0) is 16.5 Å². The molecule has 3 atom stereocenters. The summed E-state index contributed by atoms with van der Waals surface area (Å²) in [7, 11) is -2.77. The molecular formula is C31H34FNO6S. The highest BCUT2D eigenvalue weighted by molar-refractivity contribution is 7.71. The summed E-state index contributed by atoms with van der Waals surface area (Å²) >= 11 is 0. The molecule has 7 nitrogen and oxygen atoms in total. The fourth-order valence-electron chi connectivity index (χ4n) is 5.61. The second-order valence-corrected chi connectivity index (χ2v) is 11.7. The minimum Gasteiger partial charge on any atom is -0.508 e. The van der Waals surface area contributed by atoms with Gasteiger partial charge in [-0.2, -0.15) is 0 Å². The normalized spacial score (nSPS) is 19.9. The van der Waals surface area contributed by atoms with E-state index in [1.54, 1.807) is 13.0 Å². The quantitative estimate of drug-likeness (QED) is 0.309. The number of halogens is 1. The number of thiol groups is 1. The second-order valence-electron chi connectivity index (χ2n) is 10.8. The van der Waals surface area contributed by atoms with Crippen LogP contribution in [0, 0.1) is 11.7 Å². The Morgan fingerprint density at radius 2 is 1.88 bits per heavy atom. The molecule has 212 valence electrons. The van der Waals surface area contributed by atoms with Gasteiger partial charge in [0.2, 0.25) is 0 Å². The van der Waals surface area contributed by atoms with Gasteiger partial charge in [-0.3, -0.25) is 4.90 Å². The van der Waals surface area contributed by atoms with Crippen LogP contribution in [0.15, 0.2) is 54.6 Å². The molecule has 1 unspecified atom stereocenters. The van der Waals surface area contributed by atoms with E-state index in [1.807, 2.05) is 24.3 Å². The van der Waals surface area contributed by atoms with Crippen LogP contribution < -0.4 is 9.47 Å². The molecule has 0 aromatic heterocycles. The van der Waals surface area contributed by atoms with E-state index in [0.717, 1.165) is 18.7 Å². The molecule has 2 N–H and O–H groups in total. The van der Waals surface area contributed by atoms with Crippen LogP contribution in [0.5, 0.6) is 23.0 Å². The standard InChI is InChI=1S/C31H34FNO6S/c1-18-12-13-33(15-18)19(2)16-38-24-8-5-21(6-9-24)31-28(25-14-23(34)7-4-22(25)17-40(36)37)20(3)29-27(39-31)11-10-26(35)30(29)32/h4-11,14,18-19,31,34-35,40H,12-13,15-17H2,1-3H3/t18-,19+,31?/m1/s1. The Hall–Kier alpha value is -3.56. The van der Waals surface area contributed by atoms with Gasteiger partial charge in [-0.25, -0.2) is 12.8 Å². The van der Waals surface area contributed by atoms with Gasteiger partial charge in [-0.1, -0.05) is 25.1 Å². The number of likely N-dealkylation sites (tertiary alicyclic amines) is 1. The Balaban J connectivity index is 1.51. The predicted octanol–water partition coefficient (Wildman–Crippen LogP) is 5.52. The lowest BCUT2D eigenvalue weighted by Gasteiger charge is -2.32. The highest BCUT2D eigenvalue weighted by Crippen LogP contribution is 2.49. The van der Waals surface area contributed by atoms with Crippen LogP contribution in [0.1, 0.15) is 55.5 Å². The average molecular weight is 568 g/mol. The molecule has 9 heteroatoms. The van der Waals surface area contributed by atoms with Gasteiger partial charge in [0.1, 0.15) is 40.7 Å². The van der Waals surface area contributed by atoms with Crippen LogP contribution in [0.2, 0.25) is 0 Å². The average Bonchev–Trinajstić information content (AvgIpc) is 3.36. The molecule has 0 spiro atoms. The molecule has 40 heavy (non-hydrogen) atoms. The number of ether oxygens (including phenoxy) is 2. The Labute approximate surface area is 235 Å². The summed E-state index contributed by atoms with van der Waals surface area (Å²) in [6.07, 6.45) is 0.467. The van der Waals surface area contributed by atoms with E-state index in [2.05, 4.69) is 18.7 Å². The topological polar surface area (TPSA) is 96.3 Å². The van der Waals surface area contributed by atoms with Crippen molar-refractivity contribution in [3.63, 3.8) is 0 Å². The first-order chi connectivity index (χ1) is 19.1. The molecule has 2 heterocycles. The molecule has 2 aliphatic rings. The molecule has 0 radical (unpaired) electrons. The first-order valence-corrected chi connectivity index (χ1v) is 14.8. The highest BCUT2D eigenvalue weighted by Gasteiger charge is 2.33. The summed E-state index contributed by atoms with van der Waals surface area (Å²) in [5.74, 6) is -0.000823. The monoisotopic (exact) mass is 567 g/mol. The highest BCUT2D eigenvalue weighted by atomic mass is 32.2. The van der Waals surface area contributed by atoms with Crippen LogP contribution >= 0.6 is 0 Å². The molecule has 0 aliphatic carbocycles. The lowest BCUT2D eigenvalue weighted by atomic mass is 9.84. The van der Waals surface area contributed by atoms with E-state index in [0.29, 0.717) is 46.6 Å². The number of rotatable bonds is 8. The number of allylic oxidation sites excluding steroid dienone is 1. The van der Waals surface area contributed by atoms with Gasteiger partial charge in [-0.15, -0.1) is 0 Å². The lowest BCUT2D eigenvalue weighted by molar-refractivity contribution is 0.169. The largest absolute Gasteiger partial charge is 0.508 e. The van der Waals surface area contributed by atoms with Gasteiger partial charge in [-0.05, 0) is 91.4 Å². The Morgan fingerprint density at radius 3 is 2.55 bits per heavy atom. The fraction of sp³-hybridized carbons (Fsp3) is 0.355. The fourth-order valence-corrected chi connectivity index (χ4v) is 6.17. The third-order valence-electron chi connectivity index (χ3n) is 7.81. The zero-order valence-electron chi connectivity index (χ0n) is 22.8. The van der Waals surface area contributed by atoms with E-state index in [4.69, 9.17) is 9.47 Å². The predicted molar refractivity (Wildman–Crippen MR) is 153 cm³/mol. The molecule has 0 amide bonds. The van der Waals surface area contributed by atoms with E-state index in [1.165, 1.54) is 30.7 Å². The number of phenolic OH excluding ortho intramolecular Hbond substituents is 2. The molecule has 0 bridgehead atoms. The smallest absolute Gasteiger partial charge is 0.176 e. The zero-order chi connectivity index (χ0) is 28.6. The number of hydrogen-bond donors (Lipinski definition) is 3. The summed E-state index contributed by atoms with van der Waals surface area (Å²) in [5, 5.41) is 20.4. The van der Waals surface area contributed by atoms with E-state index in [-0.39, 0.29) is 22.8 Å². The third kappa shape index (κ3) is 5.67. The van der Waals surface area contributed by atoms with Crippen molar-refractivity contribution in [2.45, 2.75) is 45.1 Å². The number of hydrogen-bond acceptors (Lipinski definition) is 7. The number of fused-ring (bicyclic) bond motifs is 1. The SMILES string of the molecule is CC1=C(c2cc(O)ccc2C[SH](=O)=O)C(c2ccc(OC[C@H](C)N3CC[C@@H](C)C3)cc2)Oc2ccc(O)c(F)c21. The summed E-state index contributed by atoms with van der Waals surface area (Å²) in [4.78, 5) is 2.44. The zero-order valence-corrected chi connectivity index (χ0v) is 23.7. The molecule has 5 rings (SSSR count). The molecule has 1 fully saturated rings. The van der Waals surface area contributed by atoms with E-state index < -0.39 is 28.4 Å². The minimum atomic E-state index is -2.77. The van der Waals surface area contributed by atoms with E-state index >= 15 is 4.39 Å². The first-order valence-electron chi connectivity index (χ1n) is 13.4. The van der Waals surface area contributed by atoms with Crippen LogP contribution in [0.25, 0.3) is 11.1 Å². The van der Waals surface area contributed by atoms with Crippen molar-refractivity contribution in [2.75, 3.05) is 19.7 Å². The van der Waals surface area contributed by atoms with Crippen LogP contribution in [-0.4, -0.2) is 49.3 Å². The first kappa shape index (κ1) is 28.0. The maximum absolute atomic E-state index is 15.1. The number of phenols is 2. The van der Waals surface area contributed by atoms with E-state index in [9.17, 15) is 18.6 Å². The van der Waals surface area contributed by atoms with Crippen molar-refractivity contribution in [3.05, 3.63) is 82.7 Å². The summed E-state index contributed by atoms with van der Waals surface area (Å²) in [5.41, 5.74) is 2.70. The minimum absolute atomic E-state index is 0.0635. The van der Waals surface area contributed by atoms with Gasteiger partial charge < -0.3 is 19.7 Å². The van der Waals surface area contributed by atoms with Crippen molar-refractivity contribution < 1.29 is 32.5 Å². The molecular weight excluding hydrogens is 533 g/mol. The van der Waals surface area contributed by atoms with Gasteiger partial charge in [0.15, 0.2) is 11.6 Å². The van der Waals surface area contributed by atoms with Crippen molar-refractivity contribution in [1.82, 2.24) is 4.90 Å². The lowest BCUT2D eigenvalue weighted by Crippen LogP contribution is -2.35. The molecule has 0 saturated carbocycles. The molecule has 3 aromatic rings. The van der Waals surface area contributed by atoms with Gasteiger partial charge in [0.05, 0.1) is 11.3 Å². The van der Waals surface area contributed by atoms with Gasteiger partial charge in [0, 0.05) is 18.2 Å². The van der Waals surface area contributed by atoms with Gasteiger partial charge >= 0.3 is 0 Å². The van der Waals surface area contributed by atoms with Crippen molar-refractivity contribution >= 4 is 21.9 Å². The van der Waals surface area contributed by atoms with Crippen molar-refractivity contribution in [2.24, 2.45) is 5.92 Å². The van der Waals surface area contributed by atoms with Crippen molar-refractivity contribution in [1.29, 1.82) is 0 Å². The van der Waals surface area contributed by atoms with Gasteiger partial charge in [0.25, 0.3) is 0 Å². The Morgan fingerprint density at radius 1 is 1.12 bits per heavy atom. The van der Waals surface area contributed by atoms with Crippen LogP contribution in [0.3, 0.4) is 0 Å². The molecule has 1 saturated heterocycles. The Bertz CT molecular complexity index is 1510. The summed E-state index contributed by atoms with van der Waals surface area (Å²) in [6.45, 7) is 8.85. The number of aromatic hydroxyl groups is 2. The molecule has 3 aromatic carbocycles. The molecule has 2 aliphatic heterocycles. The summed E-state index contributed by atoms with van der Waals surface area (Å²) in [6, 6.07) is 14.9. The number of nitrogens with zero attached hydrogens (tertiary/aromatic N) is 1. The summed E-state index contributed by atoms with van der Waals surface area (Å²) < 4.78 is 50.9. The maximum Gasteiger partial charge on any atom is 0.176 e.